The fourth-order valence-electron chi connectivity index (χ4n) is 2.98. The number of hydrogen-bond donors (Lipinski definition) is 0. The van der Waals surface area contributed by atoms with Crippen LogP contribution in [0.15, 0.2) is 18.2 Å². The van der Waals surface area contributed by atoms with Gasteiger partial charge in [-0.3, -0.25) is 4.79 Å². The molecule has 0 aliphatic carbocycles. The number of carbonyl (C=O) groups excluding carboxylic acids is 1. The Bertz CT molecular complexity index is 475. The molecule has 96 valence electrons. The number of ether oxygens (including phenoxy) is 1. The van der Waals surface area contributed by atoms with Gasteiger partial charge in [-0.1, -0.05) is 0 Å². The molecule has 0 saturated carbocycles. The molecule has 2 bridgehead atoms. The van der Waals surface area contributed by atoms with Gasteiger partial charge in [0.1, 0.15) is 11.6 Å². The predicted octanol–water partition coefficient (Wildman–Crippen LogP) is 3.11. The quantitative estimate of drug-likeness (QED) is 0.756. The van der Waals surface area contributed by atoms with Gasteiger partial charge in [-0.25, -0.2) is 8.78 Å². The van der Waals surface area contributed by atoms with Crippen molar-refractivity contribution in [3.63, 3.8) is 0 Å². The van der Waals surface area contributed by atoms with Crippen LogP contribution in [0.1, 0.15) is 36.0 Å². The van der Waals surface area contributed by atoms with Crippen LogP contribution in [-0.2, 0) is 4.74 Å². The Labute approximate surface area is 104 Å². The lowest BCUT2D eigenvalue weighted by atomic mass is 9.88. The first-order valence-electron chi connectivity index (χ1n) is 6.28. The van der Waals surface area contributed by atoms with Crippen molar-refractivity contribution in [2.75, 3.05) is 0 Å². The maximum Gasteiger partial charge on any atom is 0.169 e. The van der Waals surface area contributed by atoms with Gasteiger partial charge in [0.05, 0.1) is 17.8 Å². The van der Waals surface area contributed by atoms with E-state index < -0.39 is 11.6 Å². The number of rotatable bonds is 2. The van der Waals surface area contributed by atoms with Crippen LogP contribution in [0, 0.1) is 17.6 Å². The molecule has 2 saturated heterocycles. The van der Waals surface area contributed by atoms with Crippen LogP contribution < -0.4 is 0 Å². The Kier molecular flexibility index (Phi) is 2.90. The second-order valence-electron chi connectivity index (χ2n) is 5.11. The highest BCUT2D eigenvalue weighted by Gasteiger charge is 2.38. The highest BCUT2D eigenvalue weighted by Crippen LogP contribution is 2.37. The summed E-state index contributed by atoms with van der Waals surface area (Å²) < 4.78 is 32.3. The topological polar surface area (TPSA) is 26.3 Å². The van der Waals surface area contributed by atoms with E-state index in [4.69, 9.17) is 4.74 Å². The van der Waals surface area contributed by atoms with Crippen molar-refractivity contribution in [3.05, 3.63) is 35.4 Å². The highest BCUT2D eigenvalue weighted by atomic mass is 19.1. The van der Waals surface area contributed by atoms with Gasteiger partial charge in [0.2, 0.25) is 0 Å². The molecule has 2 fully saturated rings. The Morgan fingerprint density at radius 1 is 1.17 bits per heavy atom. The Morgan fingerprint density at radius 3 is 2.50 bits per heavy atom. The molecule has 3 rings (SSSR count). The molecular weight excluding hydrogens is 238 g/mol. The molecule has 2 nitrogen and oxygen atoms in total. The van der Waals surface area contributed by atoms with E-state index in [1.54, 1.807) is 0 Å². The standard InChI is InChI=1S/C14H14F2O2/c15-9-1-4-13(16)12(7-9)14(17)8-5-10-2-3-11(6-8)18-10/h1,4,7-8,10-11H,2-3,5-6H2. The summed E-state index contributed by atoms with van der Waals surface area (Å²) in [6, 6.07) is 3.03. The first-order chi connectivity index (χ1) is 8.63. The van der Waals surface area contributed by atoms with Crippen LogP contribution in [0.4, 0.5) is 8.78 Å². The maximum atomic E-state index is 13.6. The van der Waals surface area contributed by atoms with Gasteiger partial charge in [-0.05, 0) is 43.9 Å². The molecule has 0 N–H and O–H groups in total. The van der Waals surface area contributed by atoms with Gasteiger partial charge >= 0.3 is 0 Å². The lowest BCUT2D eigenvalue weighted by molar-refractivity contribution is -0.0150. The third-order valence-electron chi connectivity index (χ3n) is 3.85. The van der Waals surface area contributed by atoms with E-state index >= 15 is 0 Å². The SMILES string of the molecule is O=C(c1cc(F)ccc1F)C1CC2CCC(C1)O2. The molecule has 1 aromatic rings. The smallest absolute Gasteiger partial charge is 0.169 e. The number of ketones is 1. The van der Waals surface area contributed by atoms with Crippen LogP contribution >= 0.6 is 0 Å². The largest absolute Gasteiger partial charge is 0.375 e. The summed E-state index contributed by atoms with van der Waals surface area (Å²) in [6.07, 6.45) is 3.44. The lowest BCUT2D eigenvalue weighted by Crippen LogP contribution is -2.30. The van der Waals surface area contributed by atoms with E-state index in [0.717, 1.165) is 31.0 Å². The second kappa shape index (κ2) is 4.43. The van der Waals surface area contributed by atoms with Crippen molar-refractivity contribution < 1.29 is 18.3 Å². The van der Waals surface area contributed by atoms with Gasteiger partial charge in [-0.15, -0.1) is 0 Å². The number of fused-ring (bicyclic) bond motifs is 2. The van der Waals surface area contributed by atoms with Crippen LogP contribution in [-0.4, -0.2) is 18.0 Å². The molecule has 0 aromatic heterocycles. The summed E-state index contributed by atoms with van der Waals surface area (Å²) in [5.74, 6) is -1.73. The van der Waals surface area contributed by atoms with E-state index in [0.29, 0.717) is 12.8 Å². The van der Waals surface area contributed by atoms with E-state index in [2.05, 4.69) is 0 Å². The molecule has 0 spiro atoms. The fourth-order valence-corrected chi connectivity index (χ4v) is 2.98. The zero-order valence-electron chi connectivity index (χ0n) is 9.86. The summed E-state index contributed by atoms with van der Waals surface area (Å²) in [5.41, 5.74) is -0.124. The minimum atomic E-state index is -0.639. The first-order valence-corrected chi connectivity index (χ1v) is 6.28. The van der Waals surface area contributed by atoms with E-state index in [-0.39, 0.29) is 29.5 Å². The molecule has 18 heavy (non-hydrogen) atoms. The number of hydrogen-bond acceptors (Lipinski definition) is 2. The minimum absolute atomic E-state index is 0.120. The lowest BCUT2D eigenvalue weighted by Gasteiger charge is -2.27. The van der Waals surface area contributed by atoms with Gasteiger partial charge in [0.15, 0.2) is 5.78 Å². The molecule has 0 amide bonds. The minimum Gasteiger partial charge on any atom is -0.375 e. The monoisotopic (exact) mass is 252 g/mol. The summed E-state index contributed by atoms with van der Waals surface area (Å²) in [7, 11) is 0. The second-order valence-corrected chi connectivity index (χ2v) is 5.11. The summed E-state index contributed by atoms with van der Waals surface area (Å²) in [6.45, 7) is 0. The maximum absolute atomic E-state index is 13.6. The Morgan fingerprint density at radius 2 is 1.83 bits per heavy atom. The number of benzene rings is 1. The zero-order chi connectivity index (χ0) is 12.7. The molecule has 0 radical (unpaired) electrons. The molecule has 2 heterocycles. The summed E-state index contributed by atoms with van der Waals surface area (Å²) in [4.78, 5) is 12.2. The van der Waals surface area contributed by atoms with Crippen molar-refractivity contribution in [2.24, 2.45) is 5.92 Å². The molecular formula is C14H14F2O2. The number of halogens is 2. The van der Waals surface area contributed by atoms with Gasteiger partial charge in [0.25, 0.3) is 0 Å². The van der Waals surface area contributed by atoms with E-state index in [9.17, 15) is 13.6 Å². The van der Waals surface area contributed by atoms with Crippen molar-refractivity contribution in [1.82, 2.24) is 0 Å². The van der Waals surface area contributed by atoms with Crippen LogP contribution in [0.2, 0.25) is 0 Å². The first kappa shape index (κ1) is 11.8. The number of Topliss-reactive ketones (excluding diaryl/α,β-unsaturated/α-hetero) is 1. The zero-order valence-corrected chi connectivity index (χ0v) is 9.86. The van der Waals surface area contributed by atoms with Crippen molar-refractivity contribution in [1.29, 1.82) is 0 Å². The third kappa shape index (κ3) is 2.05. The molecule has 2 atom stereocenters. The van der Waals surface area contributed by atoms with Gasteiger partial charge in [0, 0.05) is 5.92 Å². The summed E-state index contributed by atoms with van der Waals surface area (Å²) in [5, 5.41) is 0. The Hall–Kier alpha value is -1.29. The highest BCUT2D eigenvalue weighted by molar-refractivity contribution is 5.98. The molecule has 1 aromatic carbocycles. The Balaban J connectivity index is 1.84. The van der Waals surface area contributed by atoms with Crippen LogP contribution in [0.3, 0.4) is 0 Å². The van der Waals surface area contributed by atoms with E-state index in [1.165, 1.54) is 0 Å². The molecule has 2 aliphatic rings. The average molecular weight is 252 g/mol. The number of carbonyl (C=O) groups is 1. The van der Waals surface area contributed by atoms with E-state index in [1.807, 2.05) is 0 Å². The van der Waals surface area contributed by atoms with Crippen molar-refractivity contribution in [2.45, 2.75) is 37.9 Å². The molecule has 2 unspecified atom stereocenters. The predicted molar refractivity (Wildman–Crippen MR) is 61.3 cm³/mol. The average Bonchev–Trinajstić information content (AvgIpc) is 2.70. The normalized spacial score (nSPS) is 30.4. The van der Waals surface area contributed by atoms with Crippen LogP contribution in [0.25, 0.3) is 0 Å². The third-order valence-corrected chi connectivity index (χ3v) is 3.85. The molecule has 2 aliphatic heterocycles. The van der Waals surface area contributed by atoms with Crippen LogP contribution in [0.5, 0.6) is 0 Å². The molecule has 4 heteroatoms. The van der Waals surface area contributed by atoms with Crippen molar-refractivity contribution >= 4 is 5.78 Å². The summed E-state index contributed by atoms with van der Waals surface area (Å²) >= 11 is 0. The van der Waals surface area contributed by atoms with Gasteiger partial charge < -0.3 is 4.74 Å². The fraction of sp³-hybridized carbons (Fsp3) is 0.500. The van der Waals surface area contributed by atoms with Crippen molar-refractivity contribution in [3.8, 4) is 0 Å². The van der Waals surface area contributed by atoms with Gasteiger partial charge in [-0.2, -0.15) is 0 Å².